The van der Waals surface area contributed by atoms with Crippen molar-refractivity contribution in [2.45, 2.75) is 13.8 Å². The molecule has 0 unspecified atom stereocenters. The van der Waals surface area contributed by atoms with Gasteiger partial charge < -0.3 is 4.74 Å². The van der Waals surface area contributed by atoms with Crippen molar-refractivity contribution in [3.63, 3.8) is 0 Å². The van der Waals surface area contributed by atoms with Crippen molar-refractivity contribution in [3.8, 4) is 22.7 Å². The first-order valence-electron chi connectivity index (χ1n) is 7.64. The van der Waals surface area contributed by atoms with E-state index in [1.165, 1.54) is 0 Å². The summed E-state index contributed by atoms with van der Waals surface area (Å²) < 4.78 is 7.37. The molecule has 0 saturated heterocycles. The first kappa shape index (κ1) is 16.2. The van der Waals surface area contributed by atoms with Crippen LogP contribution in [0, 0.1) is 0 Å². The van der Waals surface area contributed by atoms with E-state index in [1.807, 2.05) is 44.2 Å². The third-order valence-corrected chi connectivity index (χ3v) is 4.26. The molecule has 1 aromatic heterocycles. The van der Waals surface area contributed by atoms with Gasteiger partial charge in [0.2, 0.25) is 4.80 Å². The smallest absolute Gasteiger partial charge is 0.215 e. The Morgan fingerprint density at radius 3 is 2.33 bits per heavy atom. The highest BCUT2D eigenvalue weighted by atomic mass is 32.1. The van der Waals surface area contributed by atoms with Crippen molar-refractivity contribution in [2.24, 2.45) is 10.2 Å². The van der Waals surface area contributed by atoms with Crippen LogP contribution in [0.2, 0.25) is 0 Å². The molecule has 0 radical (unpaired) electrons. The van der Waals surface area contributed by atoms with Gasteiger partial charge in [0, 0.05) is 16.8 Å². The van der Waals surface area contributed by atoms with E-state index < -0.39 is 0 Å². The maximum atomic E-state index is 5.25. The molecule has 5 heteroatoms. The minimum absolute atomic E-state index is 0.841. The maximum absolute atomic E-state index is 5.25. The molecule has 0 fully saturated rings. The van der Waals surface area contributed by atoms with Gasteiger partial charge in [0.15, 0.2) is 0 Å². The van der Waals surface area contributed by atoms with Gasteiger partial charge in [-0.2, -0.15) is 5.10 Å². The summed E-state index contributed by atoms with van der Waals surface area (Å²) in [5.74, 6) is 0.844. The molecule has 2 aromatic carbocycles. The van der Waals surface area contributed by atoms with Crippen LogP contribution in [0.4, 0.5) is 0 Å². The second-order valence-corrected chi connectivity index (χ2v) is 6.29. The number of hydrogen-bond acceptors (Lipinski definition) is 4. The molecule has 24 heavy (non-hydrogen) atoms. The SMILES string of the molecule is COc1ccc(-c2csc(=NN=C(C)C)n2-c2ccccc2)cc1. The third-order valence-electron chi connectivity index (χ3n) is 3.44. The number of hydrogen-bond donors (Lipinski definition) is 0. The van der Waals surface area contributed by atoms with E-state index in [0.29, 0.717) is 0 Å². The van der Waals surface area contributed by atoms with Crippen molar-refractivity contribution in [2.75, 3.05) is 7.11 Å². The number of methoxy groups -OCH3 is 1. The Kier molecular flexibility index (Phi) is 4.91. The number of thiazole rings is 1. The minimum atomic E-state index is 0.841. The summed E-state index contributed by atoms with van der Waals surface area (Å²) in [6, 6.07) is 18.2. The molecule has 0 aliphatic rings. The van der Waals surface area contributed by atoms with Crippen molar-refractivity contribution >= 4 is 17.0 Å². The van der Waals surface area contributed by atoms with Crippen LogP contribution in [0.25, 0.3) is 16.9 Å². The number of nitrogens with zero attached hydrogens (tertiary/aromatic N) is 3. The van der Waals surface area contributed by atoms with Crippen LogP contribution < -0.4 is 9.54 Å². The summed E-state index contributed by atoms with van der Waals surface area (Å²) in [5.41, 5.74) is 4.17. The summed E-state index contributed by atoms with van der Waals surface area (Å²) in [4.78, 5) is 0.841. The first-order chi connectivity index (χ1) is 11.7. The van der Waals surface area contributed by atoms with Gasteiger partial charge in [-0.25, -0.2) is 0 Å². The molecule has 3 rings (SSSR count). The summed E-state index contributed by atoms with van der Waals surface area (Å²) in [7, 11) is 1.67. The normalized spacial score (nSPS) is 11.4. The Balaban J connectivity index is 2.19. The van der Waals surface area contributed by atoms with Crippen LogP contribution in [0.15, 0.2) is 70.2 Å². The molecular weight excluding hydrogens is 318 g/mol. The molecule has 0 atom stereocenters. The van der Waals surface area contributed by atoms with Crippen LogP contribution in [-0.2, 0) is 0 Å². The quantitative estimate of drug-likeness (QED) is 0.510. The van der Waals surface area contributed by atoms with Crippen molar-refractivity contribution in [1.82, 2.24) is 4.57 Å². The van der Waals surface area contributed by atoms with Crippen LogP contribution in [0.1, 0.15) is 13.8 Å². The Bertz CT molecular complexity index is 902. The van der Waals surface area contributed by atoms with Gasteiger partial charge >= 0.3 is 0 Å². The minimum Gasteiger partial charge on any atom is -0.497 e. The molecule has 0 aliphatic carbocycles. The van der Waals surface area contributed by atoms with Crippen LogP contribution in [0.5, 0.6) is 5.75 Å². The van der Waals surface area contributed by atoms with Crippen molar-refractivity contribution < 1.29 is 4.74 Å². The van der Waals surface area contributed by atoms with Gasteiger partial charge in [-0.05, 0) is 55.8 Å². The monoisotopic (exact) mass is 337 g/mol. The van der Waals surface area contributed by atoms with E-state index in [0.717, 1.165) is 33.2 Å². The standard InChI is InChI=1S/C19H19N3OS/c1-14(2)20-21-19-22(16-7-5-4-6-8-16)18(13-24-19)15-9-11-17(23-3)12-10-15/h4-13H,1-3H3. The van der Waals surface area contributed by atoms with Gasteiger partial charge in [0.1, 0.15) is 5.75 Å². The molecule has 0 saturated carbocycles. The summed E-state index contributed by atoms with van der Waals surface area (Å²) >= 11 is 1.58. The number of ether oxygens (including phenoxy) is 1. The Morgan fingerprint density at radius 2 is 1.71 bits per heavy atom. The molecule has 0 amide bonds. The largest absolute Gasteiger partial charge is 0.497 e. The molecule has 1 heterocycles. The van der Waals surface area contributed by atoms with Gasteiger partial charge in [-0.1, -0.05) is 18.2 Å². The number of benzene rings is 2. The van der Waals surface area contributed by atoms with Gasteiger partial charge in [0.25, 0.3) is 0 Å². The lowest BCUT2D eigenvalue weighted by molar-refractivity contribution is 0.415. The zero-order valence-electron chi connectivity index (χ0n) is 13.9. The molecule has 0 spiro atoms. The number of rotatable bonds is 4. The second-order valence-electron chi connectivity index (χ2n) is 5.45. The summed E-state index contributed by atoms with van der Waals surface area (Å²) in [6.07, 6.45) is 0. The average Bonchev–Trinajstić information content (AvgIpc) is 3.04. The van der Waals surface area contributed by atoms with E-state index in [1.54, 1.807) is 18.4 Å². The average molecular weight is 337 g/mol. The van der Waals surface area contributed by atoms with Gasteiger partial charge in [0.05, 0.1) is 12.8 Å². The molecule has 3 aromatic rings. The van der Waals surface area contributed by atoms with E-state index in [-0.39, 0.29) is 0 Å². The highest BCUT2D eigenvalue weighted by Gasteiger charge is 2.10. The highest BCUT2D eigenvalue weighted by molar-refractivity contribution is 7.07. The fourth-order valence-electron chi connectivity index (χ4n) is 2.31. The van der Waals surface area contributed by atoms with E-state index in [2.05, 4.69) is 44.4 Å². The van der Waals surface area contributed by atoms with E-state index in [9.17, 15) is 0 Å². The lowest BCUT2D eigenvalue weighted by Gasteiger charge is -2.09. The molecule has 0 aliphatic heterocycles. The van der Waals surface area contributed by atoms with Crippen LogP contribution in [-0.4, -0.2) is 17.4 Å². The van der Waals surface area contributed by atoms with E-state index >= 15 is 0 Å². The second kappa shape index (κ2) is 7.27. The zero-order chi connectivity index (χ0) is 16.9. The van der Waals surface area contributed by atoms with Crippen LogP contribution in [0.3, 0.4) is 0 Å². The molecule has 4 nitrogen and oxygen atoms in total. The van der Waals surface area contributed by atoms with E-state index in [4.69, 9.17) is 4.74 Å². The van der Waals surface area contributed by atoms with Crippen molar-refractivity contribution in [1.29, 1.82) is 0 Å². The molecular formula is C19H19N3OS. The highest BCUT2D eigenvalue weighted by Crippen LogP contribution is 2.25. The number of para-hydroxylation sites is 1. The third kappa shape index (κ3) is 3.46. The Hall–Kier alpha value is -2.66. The predicted molar refractivity (Wildman–Crippen MR) is 100.0 cm³/mol. The van der Waals surface area contributed by atoms with Gasteiger partial charge in [-0.3, -0.25) is 4.57 Å². The maximum Gasteiger partial charge on any atom is 0.215 e. The van der Waals surface area contributed by atoms with Crippen LogP contribution >= 0.6 is 11.3 Å². The molecule has 0 bridgehead atoms. The fourth-order valence-corrected chi connectivity index (χ4v) is 3.17. The van der Waals surface area contributed by atoms with Crippen molar-refractivity contribution in [3.05, 3.63) is 64.8 Å². The fraction of sp³-hybridized carbons (Fsp3) is 0.158. The predicted octanol–water partition coefficient (Wildman–Crippen LogP) is 4.51. The topological polar surface area (TPSA) is 38.9 Å². The Labute approximate surface area is 145 Å². The lowest BCUT2D eigenvalue weighted by Crippen LogP contribution is -2.13. The number of aromatic nitrogens is 1. The first-order valence-corrected chi connectivity index (χ1v) is 8.52. The summed E-state index contributed by atoms with van der Waals surface area (Å²) in [6.45, 7) is 3.88. The van der Waals surface area contributed by atoms with Gasteiger partial charge in [-0.15, -0.1) is 16.4 Å². The molecule has 0 N–H and O–H groups in total. The Morgan fingerprint density at radius 1 is 1.00 bits per heavy atom. The lowest BCUT2D eigenvalue weighted by atomic mass is 10.1. The summed E-state index contributed by atoms with van der Waals surface area (Å²) in [5, 5.41) is 10.7. The zero-order valence-corrected chi connectivity index (χ0v) is 14.7. The molecule has 122 valence electrons.